The maximum Gasteiger partial charge on any atom is 0.224 e. The van der Waals surface area contributed by atoms with E-state index in [2.05, 4.69) is 5.32 Å². The van der Waals surface area contributed by atoms with Crippen molar-refractivity contribution in [1.82, 2.24) is 0 Å². The molecule has 0 bridgehead atoms. The third kappa shape index (κ3) is 5.62. The van der Waals surface area contributed by atoms with Crippen LogP contribution >= 0.6 is 11.8 Å². The van der Waals surface area contributed by atoms with Crippen LogP contribution in [0.15, 0.2) is 18.2 Å². The summed E-state index contributed by atoms with van der Waals surface area (Å²) in [6.07, 6.45) is 7.19. The number of carbonyl (C=O) groups excluding carboxylic acids is 1. The fourth-order valence-corrected chi connectivity index (χ4v) is 3.98. The van der Waals surface area contributed by atoms with E-state index in [0.29, 0.717) is 6.42 Å². The van der Waals surface area contributed by atoms with Gasteiger partial charge in [-0.2, -0.15) is 11.8 Å². The molecule has 0 saturated heterocycles. The van der Waals surface area contributed by atoms with Crippen molar-refractivity contribution in [2.75, 3.05) is 22.6 Å². The highest BCUT2D eigenvalue weighted by Crippen LogP contribution is 2.28. The molecule has 0 spiro atoms. The lowest BCUT2D eigenvalue weighted by molar-refractivity contribution is -0.116. The first-order valence-electron chi connectivity index (χ1n) is 7.89. The number of nitrogens with one attached hydrogen (secondary N) is 1. The van der Waals surface area contributed by atoms with Gasteiger partial charge in [0.2, 0.25) is 5.91 Å². The van der Waals surface area contributed by atoms with Crippen LogP contribution in [0.25, 0.3) is 0 Å². The van der Waals surface area contributed by atoms with Crippen molar-refractivity contribution in [3.05, 3.63) is 23.8 Å². The zero-order valence-electron chi connectivity index (χ0n) is 12.9. The van der Waals surface area contributed by atoms with E-state index in [1.54, 1.807) is 0 Å². The normalized spacial score (nSPS) is 15.3. The lowest BCUT2D eigenvalue weighted by atomic mass is 10.1. The van der Waals surface area contributed by atoms with E-state index in [4.69, 9.17) is 5.73 Å². The molecule has 0 radical (unpaired) electrons. The summed E-state index contributed by atoms with van der Waals surface area (Å²) in [5.74, 6) is 3.40. The highest BCUT2D eigenvalue weighted by molar-refractivity contribution is 7.99. The Labute approximate surface area is 132 Å². The van der Waals surface area contributed by atoms with Gasteiger partial charge >= 0.3 is 0 Å². The Kier molecular flexibility index (Phi) is 6.43. The number of carbonyl (C=O) groups is 1. The molecule has 0 atom stereocenters. The predicted octanol–water partition coefficient (Wildman–Crippen LogP) is 4.22. The molecular formula is C17H26N2OS. The van der Waals surface area contributed by atoms with E-state index in [1.807, 2.05) is 36.9 Å². The molecule has 4 heteroatoms. The molecule has 1 aliphatic rings. The molecule has 1 aromatic carbocycles. The van der Waals surface area contributed by atoms with Gasteiger partial charge in [0, 0.05) is 17.8 Å². The number of hydrogen-bond acceptors (Lipinski definition) is 3. The van der Waals surface area contributed by atoms with Gasteiger partial charge in [0.05, 0.1) is 0 Å². The fourth-order valence-electron chi connectivity index (χ4n) is 2.80. The van der Waals surface area contributed by atoms with Crippen molar-refractivity contribution < 1.29 is 4.79 Å². The molecule has 21 heavy (non-hydrogen) atoms. The Bertz CT molecular complexity index is 470. The number of hydrogen-bond donors (Lipinski definition) is 2. The SMILES string of the molecule is Cc1cc(N)ccc1NC(=O)CCCSCC1CCCC1. The summed E-state index contributed by atoms with van der Waals surface area (Å²) in [5, 5.41) is 2.97. The molecule has 1 aromatic rings. The number of nitrogens with two attached hydrogens (primary N) is 1. The second kappa shape index (κ2) is 8.32. The molecule has 116 valence electrons. The molecule has 0 aliphatic heterocycles. The molecule has 3 nitrogen and oxygen atoms in total. The zero-order chi connectivity index (χ0) is 15.1. The number of rotatable bonds is 7. The molecule has 1 saturated carbocycles. The van der Waals surface area contributed by atoms with Crippen molar-refractivity contribution in [1.29, 1.82) is 0 Å². The van der Waals surface area contributed by atoms with Gasteiger partial charge in [-0.15, -0.1) is 0 Å². The average molecular weight is 306 g/mol. The van der Waals surface area contributed by atoms with Gasteiger partial charge in [-0.1, -0.05) is 12.8 Å². The quantitative estimate of drug-likeness (QED) is 0.586. The highest BCUT2D eigenvalue weighted by atomic mass is 32.2. The van der Waals surface area contributed by atoms with Crippen LogP contribution in [0.3, 0.4) is 0 Å². The van der Waals surface area contributed by atoms with Crippen LogP contribution < -0.4 is 11.1 Å². The lowest BCUT2D eigenvalue weighted by Gasteiger charge is -2.10. The van der Waals surface area contributed by atoms with Crippen LogP contribution in [0.2, 0.25) is 0 Å². The number of anilines is 2. The Morgan fingerprint density at radius 3 is 2.86 bits per heavy atom. The minimum Gasteiger partial charge on any atom is -0.399 e. The number of amides is 1. The maximum atomic E-state index is 11.9. The first-order chi connectivity index (χ1) is 10.1. The third-order valence-corrected chi connectivity index (χ3v) is 5.33. The minimum absolute atomic E-state index is 0.101. The van der Waals surface area contributed by atoms with Crippen LogP contribution in [0.1, 0.15) is 44.1 Å². The number of aryl methyl sites for hydroxylation is 1. The molecule has 0 aromatic heterocycles. The van der Waals surface area contributed by atoms with Gasteiger partial charge in [-0.25, -0.2) is 0 Å². The Morgan fingerprint density at radius 2 is 2.14 bits per heavy atom. The van der Waals surface area contributed by atoms with Gasteiger partial charge in [-0.3, -0.25) is 4.79 Å². The monoisotopic (exact) mass is 306 g/mol. The standard InChI is InChI=1S/C17H26N2OS/c1-13-11-15(18)8-9-16(13)19-17(20)7-4-10-21-12-14-5-2-3-6-14/h8-9,11,14H,2-7,10,12,18H2,1H3,(H,19,20). The summed E-state index contributed by atoms with van der Waals surface area (Å²) in [5.41, 5.74) is 8.32. The predicted molar refractivity (Wildman–Crippen MR) is 92.7 cm³/mol. The van der Waals surface area contributed by atoms with Crippen molar-refractivity contribution in [2.24, 2.45) is 5.92 Å². The summed E-state index contributed by atoms with van der Waals surface area (Å²) >= 11 is 2.01. The largest absolute Gasteiger partial charge is 0.399 e. The Hall–Kier alpha value is -1.16. The average Bonchev–Trinajstić information content (AvgIpc) is 2.95. The third-order valence-electron chi connectivity index (χ3n) is 4.05. The lowest BCUT2D eigenvalue weighted by Crippen LogP contribution is -2.12. The van der Waals surface area contributed by atoms with Gasteiger partial charge in [0.25, 0.3) is 0 Å². The number of thioether (sulfide) groups is 1. The van der Waals surface area contributed by atoms with Gasteiger partial charge in [-0.05, 0) is 67.4 Å². The molecule has 0 unspecified atom stereocenters. The summed E-state index contributed by atoms with van der Waals surface area (Å²) in [6.45, 7) is 1.96. The molecule has 0 heterocycles. The topological polar surface area (TPSA) is 55.1 Å². The van der Waals surface area contributed by atoms with Gasteiger partial charge < -0.3 is 11.1 Å². The van der Waals surface area contributed by atoms with Crippen LogP contribution in [0.5, 0.6) is 0 Å². The van der Waals surface area contributed by atoms with E-state index in [1.165, 1.54) is 31.4 Å². The van der Waals surface area contributed by atoms with Crippen LogP contribution in [-0.2, 0) is 4.79 Å². The van der Waals surface area contributed by atoms with Crippen LogP contribution in [-0.4, -0.2) is 17.4 Å². The second-order valence-corrected chi connectivity index (χ2v) is 7.10. The van der Waals surface area contributed by atoms with E-state index >= 15 is 0 Å². The Balaban J connectivity index is 1.60. The molecule has 1 amide bonds. The molecule has 1 fully saturated rings. The Morgan fingerprint density at radius 1 is 1.38 bits per heavy atom. The molecular weight excluding hydrogens is 280 g/mol. The highest BCUT2D eigenvalue weighted by Gasteiger charge is 2.14. The van der Waals surface area contributed by atoms with E-state index in [9.17, 15) is 4.79 Å². The van der Waals surface area contributed by atoms with Crippen LogP contribution in [0, 0.1) is 12.8 Å². The van der Waals surface area contributed by atoms with Crippen molar-refractivity contribution in [3.8, 4) is 0 Å². The van der Waals surface area contributed by atoms with Crippen molar-refractivity contribution >= 4 is 29.0 Å². The summed E-state index contributed by atoms with van der Waals surface area (Å²) in [6, 6.07) is 5.57. The maximum absolute atomic E-state index is 11.9. The second-order valence-electron chi connectivity index (χ2n) is 5.95. The smallest absolute Gasteiger partial charge is 0.224 e. The van der Waals surface area contributed by atoms with Crippen LogP contribution in [0.4, 0.5) is 11.4 Å². The van der Waals surface area contributed by atoms with Crippen molar-refractivity contribution in [3.63, 3.8) is 0 Å². The first-order valence-corrected chi connectivity index (χ1v) is 9.04. The van der Waals surface area contributed by atoms with E-state index in [0.717, 1.165) is 35.0 Å². The number of nitrogen functional groups attached to an aromatic ring is 1. The van der Waals surface area contributed by atoms with E-state index < -0.39 is 0 Å². The van der Waals surface area contributed by atoms with Gasteiger partial charge in [0.1, 0.15) is 0 Å². The van der Waals surface area contributed by atoms with E-state index in [-0.39, 0.29) is 5.91 Å². The zero-order valence-corrected chi connectivity index (χ0v) is 13.7. The fraction of sp³-hybridized carbons (Fsp3) is 0.588. The molecule has 2 rings (SSSR count). The minimum atomic E-state index is 0.101. The number of benzene rings is 1. The summed E-state index contributed by atoms with van der Waals surface area (Å²) < 4.78 is 0. The van der Waals surface area contributed by atoms with Crippen molar-refractivity contribution in [2.45, 2.75) is 45.4 Å². The summed E-state index contributed by atoms with van der Waals surface area (Å²) in [7, 11) is 0. The molecule has 1 aliphatic carbocycles. The summed E-state index contributed by atoms with van der Waals surface area (Å²) in [4.78, 5) is 11.9. The molecule has 3 N–H and O–H groups in total. The van der Waals surface area contributed by atoms with Gasteiger partial charge in [0.15, 0.2) is 0 Å². The first kappa shape index (κ1) is 16.2.